The van der Waals surface area contributed by atoms with Crippen molar-refractivity contribution >= 4 is 22.7 Å². The van der Waals surface area contributed by atoms with Gasteiger partial charge in [-0.1, -0.05) is 11.8 Å². The summed E-state index contributed by atoms with van der Waals surface area (Å²) < 4.78 is 47.8. The number of halogens is 3. The average Bonchev–Trinajstić information content (AvgIpc) is 3.06. The molecule has 5 nitrogen and oxygen atoms in total. The van der Waals surface area contributed by atoms with Crippen LogP contribution >= 0.6 is 11.8 Å². The van der Waals surface area contributed by atoms with Crippen molar-refractivity contribution < 1.29 is 22.7 Å². The fraction of sp³-hybridized carbons (Fsp3) is 0.300. The number of carbonyl (C=O) groups excluding carboxylic acids is 1. The summed E-state index contributed by atoms with van der Waals surface area (Å²) >= 11 is 1.13. The molecule has 0 aliphatic carbocycles. The molecule has 2 heterocycles. The SMILES string of the molecule is CC(=O)N1N=C(c2ccc(F)cc2F)S[C@]12c1cc(F)ccc1OC[C@@H]2CCN. The molecule has 0 saturated carbocycles. The molecule has 0 fully saturated rings. The number of thioether (sulfide) groups is 1. The Balaban J connectivity index is 1.90. The fourth-order valence-corrected chi connectivity index (χ4v) is 5.36. The van der Waals surface area contributed by atoms with Gasteiger partial charge in [0.15, 0.2) is 4.87 Å². The van der Waals surface area contributed by atoms with Crippen LogP contribution in [0.15, 0.2) is 41.5 Å². The number of benzene rings is 2. The van der Waals surface area contributed by atoms with Gasteiger partial charge in [0, 0.05) is 30.0 Å². The third-order valence-electron chi connectivity index (χ3n) is 5.05. The van der Waals surface area contributed by atoms with Crippen molar-refractivity contribution in [2.75, 3.05) is 13.2 Å². The van der Waals surface area contributed by atoms with Gasteiger partial charge >= 0.3 is 0 Å². The largest absolute Gasteiger partial charge is 0.493 e. The average molecular weight is 421 g/mol. The summed E-state index contributed by atoms with van der Waals surface area (Å²) in [5, 5.41) is 5.82. The Morgan fingerprint density at radius 3 is 2.69 bits per heavy atom. The minimum Gasteiger partial charge on any atom is -0.493 e. The predicted octanol–water partition coefficient (Wildman–Crippen LogP) is 3.57. The highest BCUT2D eigenvalue weighted by Gasteiger charge is 2.56. The van der Waals surface area contributed by atoms with Crippen LogP contribution in [-0.2, 0) is 9.67 Å². The number of fused-ring (bicyclic) bond motifs is 2. The van der Waals surface area contributed by atoms with Crippen LogP contribution in [0.2, 0.25) is 0 Å². The smallest absolute Gasteiger partial charge is 0.241 e. The number of ether oxygens (including phenoxy) is 1. The predicted molar refractivity (Wildman–Crippen MR) is 104 cm³/mol. The number of rotatable bonds is 3. The van der Waals surface area contributed by atoms with E-state index in [1.165, 1.54) is 36.2 Å². The summed E-state index contributed by atoms with van der Waals surface area (Å²) in [6.07, 6.45) is 0.474. The van der Waals surface area contributed by atoms with Crippen molar-refractivity contribution in [1.29, 1.82) is 0 Å². The van der Waals surface area contributed by atoms with E-state index in [-0.39, 0.29) is 23.1 Å². The summed E-state index contributed by atoms with van der Waals surface area (Å²) in [7, 11) is 0. The minimum absolute atomic E-state index is 0.0652. The number of carbonyl (C=O) groups is 1. The van der Waals surface area contributed by atoms with Crippen LogP contribution < -0.4 is 10.5 Å². The quantitative estimate of drug-likeness (QED) is 0.823. The number of amides is 1. The number of hydrazone groups is 1. The maximum absolute atomic E-state index is 14.4. The van der Waals surface area contributed by atoms with Gasteiger partial charge in [-0.3, -0.25) is 4.79 Å². The van der Waals surface area contributed by atoms with Gasteiger partial charge in [0.05, 0.1) is 6.61 Å². The van der Waals surface area contributed by atoms with E-state index in [0.717, 1.165) is 23.9 Å². The van der Waals surface area contributed by atoms with E-state index in [4.69, 9.17) is 10.5 Å². The number of hydrogen-bond acceptors (Lipinski definition) is 5. The van der Waals surface area contributed by atoms with Crippen molar-refractivity contribution in [3.8, 4) is 5.75 Å². The second-order valence-corrected chi connectivity index (χ2v) is 8.10. The van der Waals surface area contributed by atoms with Gasteiger partial charge in [0.1, 0.15) is 28.2 Å². The molecule has 2 aliphatic heterocycles. The molecule has 0 unspecified atom stereocenters. The van der Waals surface area contributed by atoms with Gasteiger partial charge in [-0.15, -0.1) is 0 Å². The van der Waals surface area contributed by atoms with Gasteiger partial charge in [-0.05, 0) is 43.3 Å². The molecule has 0 aromatic heterocycles. The van der Waals surface area contributed by atoms with Crippen LogP contribution in [0.5, 0.6) is 5.75 Å². The topological polar surface area (TPSA) is 67.9 Å². The van der Waals surface area contributed by atoms with Gasteiger partial charge < -0.3 is 10.5 Å². The summed E-state index contributed by atoms with van der Waals surface area (Å²) in [6, 6.07) is 7.24. The van der Waals surface area contributed by atoms with Gasteiger partial charge in [0.25, 0.3) is 0 Å². The van der Waals surface area contributed by atoms with E-state index in [2.05, 4.69) is 5.10 Å². The Bertz CT molecular complexity index is 1020. The highest BCUT2D eigenvalue weighted by Crippen LogP contribution is 2.57. The van der Waals surface area contributed by atoms with E-state index < -0.39 is 28.2 Å². The molecule has 29 heavy (non-hydrogen) atoms. The van der Waals surface area contributed by atoms with Gasteiger partial charge in [0.2, 0.25) is 5.91 Å². The minimum atomic E-state index is -1.14. The number of nitrogens with two attached hydrogens (primary N) is 1. The Kier molecular flexibility index (Phi) is 5.04. The normalized spacial score (nSPS) is 23.0. The highest BCUT2D eigenvalue weighted by molar-refractivity contribution is 8.15. The third kappa shape index (κ3) is 3.18. The first kappa shape index (κ1) is 19.8. The first-order chi connectivity index (χ1) is 13.9. The summed E-state index contributed by atoms with van der Waals surface area (Å²) in [6.45, 7) is 1.89. The zero-order valence-electron chi connectivity index (χ0n) is 15.5. The molecular weight excluding hydrogens is 403 g/mol. The Morgan fingerprint density at radius 2 is 2.00 bits per heavy atom. The molecule has 152 valence electrons. The van der Waals surface area contributed by atoms with Crippen LogP contribution in [0.1, 0.15) is 24.5 Å². The second kappa shape index (κ2) is 7.38. The Hall–Kier alpha value is -2.52. The molecule has 2 aliphatic rings. The Morgan fingerprint density at radius 1 is 1.28 bits per heavy atom. The molecule has 2 atom stereocenters. The molecule has 1 amide bonds. The van der Waals surface area contributed by atoms with E-state index in [9.17, 15) is 18.0 Å². The van der Waals surface area contributed by atoms with Gasteiger partial charge in [-0.2, -0.15) is 5.10 Å². The molecule has 9 heteroatoms. The zero-order valence-corrected chi connectivity index (χ0v) is 16.3. The zero-order chi connectivity index (χ0) is 20.8. The second-order valence-electron chi connectivity index (χ2n) is 6.88. The van der Waals surface area contributed by atoms with Crippen LogP contribution in [0.4, 0.5) is 13.2 Å². The third-order valence-corrected chi connectivity index (χ3v) is 6.59. The standard InChI is InChI=1S/C20H18F3N3O2S/c1-11(27)26-20(29-19(25-26)15-4-2-14(22)9-17(15)23)12(6-7-24)10-28-18-5-3-13(21)8-16(18)20/h2-5,8-9,12H,6-7,10,24H2,1H3/t12-,20+/m0/s1. The van der Waals surface area contributed by atoms with E-state index >= 15 is 0 Å². The maximum atomic E-state index is 14.4. The first-order valence-electron chi connectivity index (χ1n) is 9.03. The monoisotopic (exact) mass is 421 g/mol. The molecule has 2 N–H and O–H groups in total. The van der Waals surface area contributed by atoms with Crippen molar-refractivity contribution in [3.05, 3.63) is 65.0 Å². The molecule has 0 bridgehead atoms. The molecule has 0 radical (unpaired) electrons. The summed E-state index contributed by atoms with van der Waals surface area (Å²) in [4.78, 5) is 11.4. The molecule has 0 saturated heterocycles. The van der Waals surface area contributed by atoms with Crippen LogP contribution in [0.3, 0.4) is 0 Å². The number of hydrogen-bond donors (Lipinski definition) is 1. The highest BCUT2D eigenvalue weighted by atomic mass is 32.2. The van der Waals surface area contributed by atoms with Crippen molar-refractivity contribution in [1.82, 2.24) is 5.01 Å². The van der Waals surface area contributed by atoms with E-state index in [0.29, 0.717) is 24.3 Å². The van der Waals surface area contributed by atoms with Crippen LogP contribution in [-0.4, -0.2) is 29.1 Å². The molecule has 2 aromatic carbocycles. The van der Waals surface area contributed by atoms with Crippen molar-refractivity contribution in [2.45, 2.75) is 18.2 Å². The Labute approximate surface area is 169 Å². The molecular formula is C20H18F3N3O2S. The first-order valence-corrected chi connectivity index (χ1v) is 9.85. The fourth-order valence-electron chi connectivity index (χ4n) is 3.79. The lowest BCUT2D eigenvalue weighted by molar-refractivity contribution is -0.134. The molecule has 4 rings (SSSR count). The lowest BCUT2D eigenvalue weighted by atomic mass is 9.86. The van der Waals surface area contributed by atoms with Crippen molar-refractivity contribution in [2.24, 2.45) is 16.8 Å². The molecule has 1 spiro atoms. The van der Waals surface area contributed by atoms with E-state index in [1.54, 1.807) is 0 Å². The lowest BCUT2D eigenvalue weighted by Crippen LogP contribution is -2.51. The summed E-state index contributed by atoms with van der Waals surface area (Å²) in [5.41, 5.74) is 6.29. The summed E-state index contributed by atoms with van der Waals surface area (Å²) in [5.74, 6) is -2.29. The molecule has 2 aromatic rings. The lowest BCUT2D eigenvalue weighted by Gasteiger charge is -2.45. The van der Waals surface area contributed by atoms with E-state index in [1.807, 2.05) is 0 Å². The number of nitrogens with zero attached hydrogens (tertiary/aromatic N) is 2. The van der Waals surface area contributed by atoms with Crippen molar-refractivity contribution in [3.63, 3.8) is 0 Å². The van der Waals surface area contributed by atoms with Crippen LogP contribution in [0, 0.1) is 23.4 Å². The van der Waals surface area contributed by atoms with Crippen LogP contribution in [0.25, 0.3) is 0 Å². The van der Waals surface area contributed by atoms with Gasteiger partial charge in [-0.25, -0.2) is 18.2 Å². The maximum Gasteiger partial charge on any atom is 0.241 e.